The fourth-order valence-corrected chi connectivity index (χ4v) is 5.95. The Bertz CT molecular complexity index is 1800. The number of likely N-dealkylation sites (N-methyl/N-ethyl adjacent to an activating group) is 1. The number of rotatable bonds is 7. The fraction of sp³-hybridized carbons (Fsp3) is 0.294. The molecule has 7 nitrogen and oxygen atoms in total. The first-order valence-corrected chi connectivity index (χ1v) is 15.0. The number of hydrogen-bond donors (Lipinski definition) is 1. The van der Waals surface area contributed by atoms with E-state index < -0.39 is 0 Å². The van der Waals surface area contributed by atoms with Crippen LogP contribution in [0.2, 0.25) is 5.02 Å². The molecular weight excluding hydrogens is 546 g/mol. The summed E-state index contributed by atoms with van der Waals surface area (Å²) < 4.78 is 7.27. The van der Waals surface area contributed by atoms with Gasteiger partial charge in [-0.1, -0.05) is 36.7 Å². The molecule has 2 aliphatic heterocycles. The predicted molar refractivity (Wildman–Crippen MR) is 171 cm³/mol. The third-order valence-electron chi connectivity index (χ3n) is 8.22. The Morgan fingerprint density at radius 1 is 0.976 bits per heavy atom. The molecule has 0 amide bonds. The minimum atomic E-state index is -0.114. The number of benzene rings is 2. The zero-order valence-electron chi connectivity index (χ0n) is 24.4. The largest absolute Gasteiger partial charge is 0.464 e. The third kappa shape index (κ3) is 5.54. The quantitative estimate of drug-likeness (QED) is 0.302. The summed E-state index contributed by atoms with van der Waals surface area (Å²) in [6.07, 6.45) is 5.39. The molecule has 1 saturated heterocycles. The lowest BCUT2D eigenvalue weighted by atomic mass is 10.0. The summed E-state index contributed by atoms with van der Waals surface area (Å²) >= 11 is 6.74. The lowest BCUT2D eigenvalue weighted by molar-refractivity contribution is 0.313. The Morgan fingerprint density at radius 3 is 2.43 bits per heavy atom. The maximum absolute atomic E-state index is 13.8. The first kappa shape index (κ1) is 28.1. The Labute approximate surface area is 251 Å². The average molecular weight is 582 g/mol. The molecule has 0 aliphatic carbocycles. The molecule has 6 rings (SSSR count). The smallest absolute Gasteiger partial charge is 0.260 e. The van der Waals surface area contributed by atoms with E-state index >= 15 is 0 Å². The summed E-state index contributed by atoms with van der Waals surface area (Å²) in [4.78, 5) is 23.7. The van der Waals surface area contributed by atoms with Crippen molar-refractivity contribution in [3.63, 3.8) is 0 Å². The number of furan rings is 1. The van der Waals surface area contributed by atoms with Crippen LogP contribution in [0.1, 0.15) is 26.7 Å². The van der Waals surface area contributed by atoms with E-state index in [0.717, 1.165) is 67.1 Å². The van der Waals surface area contributed by atoms with Gasteiger partial charge in [0.1, 0.15) is 17.1 Å². The van der Waals surface area contributed by atoms with Crippen LogP contribution in [-0.2, 0) is 6.54 Å². The van der Waals surface area contributed by atoms with Gasteiger partial charge >= 0.3 is 0 Å². The van der Waals surface area contributed by atoms with Gasteiger partial charge in [-0.25, -0.2) is 4.99 Å². The molecule has 0 atom stereocenters. The predicted octanol–water partition coefficient (Wildman–Crippen LogP) is 5.74. The van der Waals surface area contributed by atoms with E-state index in [0.29, 0.717) is 28.2 Å². The number of fused-ring (bicyclic) bond motifs is 1. The average Bonchev–Trinajstić information content (AvgIpc) is 3.49. The van der Waals surface area contributed by atoms with Crippen LogP contribution >= 0.6 is 11.6 Å². The standard InChI is InChI=1S/C34H36ClN5O2/c1-4-23-8-9-25-21-29(28-15-10-24(22-30(28)35)31-7-6-20-42-31)34(41)40(5-2)33(25)37-32(23)36-26-11-13-27(14-12-26)39-18-16-38(3)17-19-39/h6-7,9-15,20-22,36H,4-5,8,16-19H2,1-3H3. The SMILES string of the molecule is CCC1=C(Nc2ccc(N3CCN(C)CC3)cc2)N=c2c(cc(-c3ccc(-c4ccco4)cc3Cl)c(=O)n2CC)=CC1. The van der Waals surface area contributed by atoms with Crippen LogP contribution in [0.4, 0.5) is 11.4 Å². The van der Waals surface area contributed by atoms with Gasteiger partial charge < -0.3 is 19.5 Å². The lowest BCUT2D eigenvalue weighted by Gasteiger charge is -2.34. The molecule has 4 aromatic rings. The molecule has 0 bridgehead atoms. The van der Waals surface area contributed by atoms with E-state index in [1.54, 1.807) is 10.8 Å². The van der Waals surface area contributed by atoms with E-state index in [2.05, 4.69) is 59.4 Å². The minimum Gasteiger partial charge on any atom is -0.464 e. The van der Waals surface area contributed by atoms with Crippen molar-refractivity contribution in [2.75, 3.05) is 43.4 Å². The van der Waals surface area contributed by atoms with Gasteiger partial charge in [0.05, 0.1) is 6.26 Å². The summed E-state index contributed by atoms with van der Waals surface area (Å²) in [6, 6.07) is 19.9. The third-order valence-corrected chi connectivity index (χ3v) is 8.53. The lowest BCUT2D eigenvalue weighted by Crippen LogP contribution is -2.44. The summed E-state index contributed by atoms with van der Waals surface area (Å²) in [7, 11) is 2.17. The van der Waals surface area contributed by atoms with E-state index in [4.69, 9.17) is 21.0 Å². The molecule has 8 heteroatoms. The molecule has 1 N–H and O–H groups in total. The van der Waals surface area contributed by atoms with Crippen LogP contribution in [0.5, 0.6) is 0 Å². The first-order valence-electron chi connectivity index (χ1n) is 14.6. The van der Waals surface area contributed by atoms with Crippen LogP contribution < -0.4 is 26.5 Å². The summed E-state index contributed by atoms with van der Waals surface area (Å²) in [6.45, 7) is 8.82. The number of nitrogens with one attached hydrogen (secondary N) is 1. The molecule has 0 spiro atoms. The molecule has 1 fully saturated rings. The van der Waals surface area contributed by atoms with Crippen LogP contribution in [-0.4, -0.2) is 42.7 Å². The van der Waals surface area contributed by atoms with Crippen molar-refractivity contribution in [1.29, 1.82) is 0 Å². The van der Waals surface area contributed by atoms with Crippen molar-refractivity contribution in [3.8, 4) is 22.5 Å². The highest BCUT2D eigenvalue weighted by Crippen LogP contribution is 2.31. The highest BCUT2D eigenvalue weighted by atomic mass is 35.5. The van der Waals surface area contributed by atoms with Gasteiger partial charge in [0.15, 0.2) is 0 Å². The number of anilines is 2. The second-order valence-corrected chi connectivity index (χ2v) is 11.3. The molecular formula is C34H36ClN5O2. The molecule has 0 radical (unpaired) electrons. The van der Waals surface area contributed by atoms with E-state index in [1.807, 2.05) is 43.3 Å². The van der Waals surface area contributed by atoms with Gasteiger partial charge in [-0.15, -0.1) is 0 Å². The Hall–Kier alpha value is -4.07. The Morgan fingerprint density at radius 2 is 1.76 bits per heavy atom. The van der Waals surface area contributed by atoms with Crippen molar-refractivity contribution in [2.24, 2.45) is 4.99 Å². The van der Waals surface area contributed by atoms with Gasteiger partial charge in [-0.3, -0.25) is 9.36 Å². The summed E-state index contributed by atoms with van der Waals surface area (Å²) in [5.74, 6) is 1.53. The maximum Gasteiger partial charge on any atom is 0.260 e. The van der Waals surface area contributed by atoms with Crippen molar-refractivity contribution < 1.29 is 4.42 Å². The van der Waals surface area contributed by atoms with Gasteiger partial charge in [-0.2, -0.15) is 0 Å². The highest BCUT2D eigenvalue weighted by molar-refractivity contribution is 6.33. The van der Waals surface area contributed by atoms with Gasteiger partial charge in [0.2, 0.25) is 0 Å². The van der Waals surface area contributed by atoms with Crippen molar-refractivity contribution in [1.82, 2.24) is 9.47 Å². The number of halogens is 1. The van der Waals surface area contributed by atoms with Crippen molar-refractivity contribution in [3.05, 3.63) is 104 Å². The normalized spacial score (nSPS) is 15.6. The van der Waals surface area contributed by atoms with Gasteiger partial charge in [0, 0.05) is 71.0 Å². The zero-order chi connectivity index (χ0) is 29.2. The number of nitrogens with zero attached hydrogens (tertiary/aromatic N) is 4. The molecule has 0 unspecified atom stereocenters. The number of hydrogen-bond acceptors (Lipinski definition) is 6. The molecule has 2 aromatic heterocycles. The highest BCUT2D eigenvalue weighted by Gasteiger charge is 2.17. The van der Waals surface area contributed by atoms with E-state index in [9.17, 15) is 4.79 Å². The van der Waals surface area contributed by atoms with Crippen LogP contribution in [0.25, 0.3) is 28.5 Å². The second kappa shape index (κ2) is 12.0. The van der Waals surface area contributed by atoms with Crippen molar-refractivity contribution in [2.45, 2.75) is 33.2 Å². The fourth-order valence-electron chi connectivity index (χ4n) is 5.67. The zero-order valence-corrected chi connectivity index (χ0v) is 25.1. The Kier molecular flexibility index (Phi) is 8.05. The molecule has 4 heterocycles. The molecule has 2 aromatic carbocycles. The number of pyridine rings is 1. The van der Waals surface area contributed by atoms with E-state index in [-0.39, 0.29) is 5.56 Å². The monoisotopic (exact) mass is 581 g/mol. The molecule has 216 valence electrons. The second-order valence-electron chi connectivity index (χ2n) is 10.8. The van der Waals surface area contributed by atoms with E-state index in [1.165, 1.54) is 11.3 Å². The summed E-state index contributed by atoms with van der Waals surface area (Å²) in [5, 5.41) is 4.99. The van der Waals surface area contributed by atoms with Crippen LogP contribution in [0, 0.1) is 0 Å². The Balaban J connectivity index is 1.35. The number of allylic oxidation sites excluding steroid dienone is 1. The van der Waals surface area contributed by atoms with Crippen LogP contribution in [0.15, 0.2) is 92.5 Å². The molecule has 42 heavy (non-hydrogen) atoms. The van der Waals surface area contributed by atoms with Crippen molar-refractivity contribution >= 4 is 29.1 Å². The number of aromatic nitrogens is 1. The maximum atomic E-state index is 13.8. The number of piperazine rings is 1. The van der Waals surface area contributed by atoms with Gasteiger partial charge in [-0.05, 0) is 80.9 Å². The molecule has 0 saturated carbocycles. The van der Waals surface area contributed by atoms with Crippen LogP contribution in [0.3, 0.4) is 0 Å². The first-order chi connectivity index (χ1) is 20.4. The molecule has 2 aliphatic rings. The minimum absolute atomic E-state index is 0.114. The van der Waals surface area contributed by atoms with Gasteiger partial charge in [0.25, 0.3) is 5.56 Å². The topological polar surface area (TPSA) is 66.0 Å². The summed E-state index contributed by atoms with van der Waals surface area (Å²) in [5.41, 5.74) is 6.07.